The molecule has 0 atom stereocenters. The van der Waals surface area contributed by atoms with Crippen molar-refractivity contribution in [1.82, 2.24) is 0 Å². The van der Waals surface area contributed by atoms with E-state index < -0.39 is 11.7 Å². The van der Waals surface area contributed by atoms with E-state index >= 15 is 0 Å². The number of carbonyl (C=O) groups is 2. The van der Waals surface area contributed by atoms with Gasteiger partial charge in [0.2, 0.25) is 0 Å². The first-order chi connectivity index (χ1) is 13.8. The summed E-state index contributed by atoms with van der Waals surface area (Å²) in [5.74, 6) is -0.0798. The Kier molecular flexibility index (Phi) is 6.42. The molecule has 1 heterocycles. The smallest absolute Gasteiger partial charge is 0.272 e. The van der Waals surface area contributed by atoms with Gasteiger partial charge in [0.25, 0.3) is 11.8 Å². The van der Waals surface area contributed by atoms with Gasteiger partial charge >= 0.3 is 0 Å². The maximum Gasteiger partial charge on any atom is 0.272 e. The van der Waals surface area contributed by atoms with Crippen LogP contribution in [0.4, 0.5) is 10.1 Å². The number of ether oxygens (including phenoxy) is 1. The number of anilines is 1. The third kappa shape index (κ3) is 4.70. The van der Waals surface area contributed by atoms with Crippen LogP contribution in [0.3, 0.4) is 0 Å². The highest BCUT2D eigenvalue weighted by atomic mass is 32.2. The Balaban J connectivity index is 1.96. The first-order valence-electron chi connectivity index (χ1n) is 9.56. The van der Waals surface area contributed by atoms with Gasteiger partial charge in [-0.2, -0.15) is 0 Å². The summed E-state index contributed by atoms with van der Waals surface area (Å²) < 4.78 is 19.0. The fourth-order valence-electron chi connectivity index (χ4n) is 2.91. The molecule has 29 heavy (non-hydrogen) atoms. The van der Waals surface area contributed by atoms with Crippen LogP contribution in [0.2, 0.25) is 0 Å². The number of amides is 2. The van der Waals surface area contributed by atoms with E-state index in [0.29, 0.717) is 40.0 Å². The van der Waals surface area contributed by atoms with E-state index in [4.69, 9.17) is 4.74 Å². The lowest BCUT2D eigenvalue weighted by atomic mass is 10.1. The third-order valence-electron chi connectivity index (χ3n) is 4.21. The number of hydrogen-bond donors (Lipinski definition) is 0. The number of benzene rings is 2. The molecule has 3 rings (SSSR count). The second-order valence-electron chi connectivity index (χ2n) is 7.52. The minimum Gasteiger partial charge on any atom is -0.493 e. The van der Waals surface area contributed by atoms with Gasteiger partial charge in [-0.05, 0) is 47.9 Å². The first kappa shape index (κ1) is 21.1. The van der Waals surface area contributed by atoms with Crippen LogP contribution in [0.5, 0.6) is 5.75 Å². The Morgan fingerprint density at radius 1 is 0.931 bits per heavy atom. The standard InChI is InChI=1S/C23H24FNO3S/c1-14(2)13-28-19-11-5-16(6-12-19)20-21(29-15(3)4)23(27)25(22(20)26)18-9-7-17(24)8-10-18/h5-12,14-15H,13H2,1-4H3. The number of imide groups is 1. The van der Waals surface area contributed by atoms with Crippen molar-refractivity contribution >= 4 is 34.8 Å². The normalized spacial score (nSPS) is 14.5. The van der Waals surface area contributed by atoms with Crippen molar-refractivity contribution in [3.63, 3.8) is 0 Å². The molecular weight excluding hydrogens is 389 g/mol. The Hall–Kier alpha value is -2.60. The Morgan fingerprint density at radius 3 is 2.10 bits per heavy atom. The molecular formula is C23H24FNO3S. The molecule has 0 saturated heterocycles. The van der Waals surface area contributed by atoms with Crippen LogP contribution in [-0.2, 0) is 9.59 Å². The zero-order valence-corrected chi connectivity index (χ0v) is 17.8. The van der Waals surface area contributed by atoms with Gasteiger partial charge in [0.1, 0.15) is 11.6 Å². The lowest BCUT2D eigenvalue weighted by Gasteiger charge is -2.15. The second-order valence-corrected chi connectivity index (χ2v) is 9.11. The van der Waals surface area contributed by atoms with Crippen molar-refractivity contribution in [2.45, 2.75) is 32.9 Å². The maximum atomic E-state index is 13.3. The van der Waals surface area contributed by atoms with E-state index in [9.17, 15) is 14.0 Å². The van der Waals surface area contributed by atoms with Crippen LogP contribution in [0, 0.1) is 11.7 Å². The Morgan fingerprint density at radius 2 is 1.55 bits per heavy atom. The zero-order chi connectivity index (χ0) is 21.1. The fraction of sp³-hybridized carbons (Fsp3) is 0.304. The molecule has 152 valence electrons. The highest BCUT2D eigenvalue weighted by Gasteiger charge is 2.40. The predicted octanol–water partition coefficient (Wildman–Crippen LogP) is 5.29. The molecule has 0 aromatic heterocycles. The third-order valence-corrected chi connectivity index (χ3v) is 5.29. The largest absolute Gasteiger partial charge is 0.493 e. The molecule has 1 aliphatic rings. The molecule has 4 nitrogen and oxygen atoms in total. The number of hydrogen-bond acceptors (Lipinski definition) is 4. The summed E-state index contributed by atoms with van der Waals surface area (Å²) in [5, 5.41) is 0.124. The lowest BCUT2D eigenvalue weighted by Crippen LogP contribution is -2.31. The number of halogens is 1. The van der Waals surface area contributed by atoms with Gasteiger partial charge in [-0.1, -0.05) is 39.8 Å². The molecule has 1 aliphatic heterocycles. The molecule has 0 saturated carbocycles. The minimum atomic E-state index is -0.421. The molecule has 2 aromatic carbocycles. The second kappa shape index (κ2) is 8.82. The van der Waals surface area contributed by atoms with Crippen molar-refractivity contribution in [3.8, 4) is 5.75 Å². The van der Waals surface area contributed by atoms with E-state index in [-0.39, 0.29) is 11.2 Å². The molecule has 0 fully saturated rings. The van der Waals surface area contributed by atoms with Crippen molar-refractivity contribution < 1.29 is 18.7 Å². The zero-order valence-electron chi connectivity index (χ0n) is 16.9. The number of rotatable bonds is 7. The first-order valence-corrected chi connectivity index (χ1v) is 10.4. The van der Waals surface area contributed by atoms with Crippen LogP contribution in [0.15, 0.2) is 53.4 Å². The molecule has 2 amide bonds. The topological polar surface area (TPSA) is 46.6 Å². The summed E-state index contributed by atoms with van der Waals surface area (Å²) >= 11 is 1.36. The molecule has 0 unspecified atom stereocenters. The number of carbonyl (C=O) groups excluding carboxylic acids is 2. The molecule has 2 aromatic rings. The summed E-state index contributed by atoms with van der Waals surface area (Å²) in [6.07, 6.45) is 0. The van der Waals surface area contributed by atoms with E-state index in [1.54, 1.807) is 24.3 Å². The van der Waals surface area contributed by atoms with Crippen molar-refractivity contribution in [2.24, 2.45) is 5.92 Å². The van der Waals surface area contributed by atoms with Gasteiger partial charge < -0.3 is 4.74 Å². The van der Waals surface area contributed by atoms with E-state index in [1.807, 2.05) is 13.8 Å². The summed E-state index contributed by atoms with van der Waals surface area (Å²) in [7, 11) is 0. The molecule has 6 heteroatoms. The molecule has 0 bridgehead atoms. The SMILES string of the molecule is CC(C)COc1ccc(C2=C(SC(C)C)C(=O)N(c3ccc(F)cc3)C2=O)cc1. The van der Waals surface area contributed by atoms with Gasteiger partial charge in [-0.25, -0.2) is 9.29 Å². The monoisotopic (exact) mass is 413 g/mol. The van der Waals surface area contributed by atoms with Crippen LogP contribution < -0.4 is 9.64 Å². The van der Waals surface area contributed by atoms with Gasteiger partial charge in [0, 0.05) is 5.25 Å². The number of nitrogens with zero attached hydrogens (tertiary/aromatic N) is 1. The highest BCUT2D eigenvalue weighted by Crippen LogP contribution is 2.40. The van der Waals surface area contributed by atoms with Gasteiger partial charge in [-0.15, -0.1) is 11.8 Å². The quantitative estimate of drug-likeness (QED) is 0.579. The average Bonchev–Trinajstić information content (AvgIpc) is 2.91. The summed E-state index contributed by atoms with van der Waals surface area (Å²) in [6, 6.07) is 12.6. The molecule has 0 N–H and O–H groups in total. The van der Waals surface area contributed by atoms with Crippen LogP contribution in [0.1, 0.15) is 33.3 Å². The van der Waals surface area contributed by atoms with Crippen molar-refractivity contribution in [1.29, 1.82) is 0 Å². The summed E-state index contributed by atoms with van der Waals surface area (Å²) in [5.41, 5.74) is 1.39. The van der Waals surface area contributed by atoms with E-state index in [2.05, 4.69) is 13.8 Å². The molecule has 0 spiro atoms. The summed E-state index contributed by atoms with van der Waals surface area (Å²) in [6.45, 7) is 8.68. The minimum absolute atomic E-state index is 0.124. The Labute approximate surface area is 174 Å². The molecule has 0 radical (unpaired) electrons. The van der Waals surface area contributed by atoms with Crippen LogP contribution in [-0.4, -0.2) is 23.7 Å². The predicted molar refractivity (Wildman–Crippen MR) is 115 cm³/mol. The van der Waals surface area contributed by atoms with E-state index in [0.717, 1.165) is 4.90 Å². The lowest BCUT2D eigenvalue weighted by molar-refractivity contribution is -0.119. The fourth-order valence-corrected chi connectivity index (χ4v) is 3.90. The van der Waals surface area contributed by atoms with Gasteiger partial charge in [0.05, 0.1) is 22.8 Å². The number of thioether (sulfide) groups is 1. The van der Waals surface area contributed by atoms with Gasteiger partial charge in [-0.3, -0.25) is 9.59 Å². The molecule has 0 aliphatic carbocycles. The Bertz CT molecular complexity index is 934. The van der Waals surface area contributed by atoms with E-state index in [1.165, 1.54) is 36.0 Å². The van der Waals surface area contributed by atoms with Gasteiger partial charge in [0.15, 0.2) is 0 Å². The van der Waals surface area contributed by atoms with Crippen LogP contribution in [0.25, 0.3) is 5.57 Å². The van der Waals surface area contributed by atoms with Crippen molar-refractivity contribution in [2.75, 3.05) is 11.5 Å². The average molecular weight is 414 g/mol. The van der Waals surface area contributed by atoms with Crippen LogP contribution >= 0.6 is 11.8 Å². The van der Waals surface area contributed by atoms with Crippen molar-refractivity contribution in [3.05, 3.63) is 64.8 Å². The maximum absolute atomic E-state index is 13.3. The highest BCUT2D eigenvalue weighted by molar-refractivity contribution is 8.04. The summed E-state index contributed by atoms with van der Waals surface area (Å²) in [4.78, 5) is 27.8.